The van der Waals surface area contributed by atoms with Gasteiger partial charge in [0.05, 0.1) is 22.3 Å². The molecule has 0 bridgehead atoms. The van der Waals surface area contributed by atoms with Gasteiger partial charge in [-0.15, -0.1) is 0 Å². The number of rotatable bonds is 5. The Morgan fingerprint density at radius 3 is 2.70 bits per heavy atom. The molecule has 156 valence electrons. The van der Waals surface area contributed by atoms with E-state index >= 15 is 0 Å². The van der Waals surface area contributed by atoms with Gasteiger partial charge < -0.3 is 4.90 Å². The van der Waals surface area contributed by atoms with E-state index in [0.29, 0.717) is 32.8 Å². The van der Waals surface area contributed by atoms with Crippen molar-refractivity contribution in [1.82, 2.24) is 14.5 Å². The molecule has 7 heteroatoms. The van der Waals surface area contributed by atoms with E-state index in [-0.39, 0.29) is 17.2 Å². The molecule has 3 aromatic rings. The van der Waals surface area contributed by atoms with Crippen LogP contribution in [0.15, 0.2) is 58.5 Å². The second-order valence-corrected chi connectivity index (χ2v) is 9.00. The highest BCUT2D eigenvalue weighted by atomic mass is 35.5. The number of para-hydroxylation sites is 1. The number of fused-ring (bicyclic) bond motifs is 1. The van der Waals surface area contributed by atoms with Gasteiger partial charge >= 0.3 is 0 Å². The summed E-state index contributed by atoms with van der Waals surface area (Å²) in [6.45, 7) is 0. The molecular formula is C23H24ClN3O2S. The minimum absolute atomic E-state index is 0.0620. The van der Waals surface area contributed by atoms with Crippen LogP contribution < -0.4 is 5.56 Å². The van der Waals surface area contributed by atoms with Crippen LogP contribution in [0.4, 0.5) is 0 Å². The number of benzene rings is 2. The lowest BCUT2D eigenvalue weighted by Gasteiger charge is -2.31. The fourth-order valence-corrected chi connectivity index (χ4v) is 5.07. The van der Waals surface area contributed by atoms with Crippen LogP contribution in [0.1, 0.15) is 32.1 Å². The van der Waals surface area contributed by atoms with Crippen LogP contribution >= 0.6 is 23.4 Å². The van der Waals surface area contributed by atoms with Crippen molar-refractivity contribution in [3.8, 4) is 5.69 Å². The topological polar surface area (TPSA) is 55.2 Å². The number of carbonyl (C=O) groups excluding carboxylic acids is 1. The van der Waals surface area contributed by atoms with Crippen molar-refractivity contribution in [2.45, 2.75) is 43.3 Å². The van der Waals surface area contributed by atoms with Gasteiger partial charge in [-0.3, -0.25) is 14.2 Å². The second kappa shape index (κ2) is 9.23. The van der Waals surface area contributed by atoms with E-state index in [9.17, 15) is 9.59 Å². The number of nitrogens with zero attached hydrogens (tertiary/aromatic N) is 3. The molecule has 0 unspecified atom stereocenters. The van der Waals surface area contributed by atoms with Gasteiger partial charge in [-0.25, -0.2) is 4.98 Å². The molecule has 0 spiro atoms. The molecule has 30 heavy (non-hydrogen) atoms. The molecule has 4 rings (SSSR count). The first kappa shape index (κ1) is 20.9. The molecule has 0 atom stereocenters. The van der Waals surface area contributed by atoms with Crippen LogP contribution in [0.5, 0.6) is 0 Å². The lowest BCUT2D eigenvalue weighted by molar-refractivity contribution is -0.129. The van der Waals surface area contributed by atoms with Crippen molar-refractivity contribution in [2.75, 3.05) is 12.8 Å². The average Bonchev–Trinajstić information content (AvgIpc) is 2.77. The monoisotopic (exact) mass is 441 g/mol. The first-order valence-electron chi connectivity index (χ1n) is 10.2. The summed E-state index contributed by atoms with van der Waals surface area (Å²) in [7, 11) is 1.89. The number of thioether (sulfide) groups is 1. The number of hydrogen-bond donors (Lipinski definition) is 0. The molecule has 0 aliphatic heterocycles. The lowest BCUT2D eigenvalue weighted by Crippen LogP contribution is -2.39. The Bertz CT molecular complexity index is 1120. The molecule has 5 nitrogen and oxygen atoms in total. The molecule has 1 aliphatic carbocycles. The smallest absolute Gasteiger partial charge is 0.266 e. The highest BCUT2D eigenvalue weighted by molar-refractivity contribution is 7.99. The van der Waals surface area contributed by atoms with Crippen LogP contribution in [0.3, 0.4) is 0 Å². The summed E-state index contributed by atoms with van der Waals surface area (Å²) >= 11 is 7.46. The van der Waals surface area contributed by atoms with Crippen LogP contribution in [0.2, 0.25) is 5.02 Å². The number of halogens is 1. The van der Waals surface area contributed by atoms with E-state index in [2.05, 4.69) is 0 Å². The quantitative estimate of drug-likeness (QED) is 0.416. The minimum Gasteiger partial charge on any atom is -0.342 e. The van der Waals surface area contributed by atoms with Gasteiger partial charge in [0.15, 0.2) is 5.16 Å². The van der Waals surface area contributed by atoms with E-state index in [4.69, 9.17) is 16.6 Å². The Balaban J connectivity index is 1.66. The van der Waals surface area contributed by atoms with Crippen molar-refractivity contribution < 1.29 is 4.79 Å². The molecule has 0 saturated heterocycles. The summed E-state index contributed by atoms with van der Waals surface area (Å²) in [5.74, 6) is 0.296. The highest BCUT2D eigenvalue weighted by Crippen LogP contribution is 2.25. The largest absolute Gasteiger partial charge is 0.342 e. The third kappa shape index (κ3) is 4.40. The van der Waals surface area contributed by atoms with E-state index in [1.54, 1.807) is 28.8 Å². The number of amides is 1. The summed E-state index contributed by atoms with van der Waals surface area (Å²) in [6, 6.07) is 14.7. The van der Waals surface area contributed by atoms with Gasteiger partial charge in [-0.1, -0.05) is 60.8 Å². The van der Waals surface area contributed by atoms with E-state index < -0.39 is 0 Å². The Hall–Kier alpha value is -2.31. The van der Waals surface area contributed by atoms with Crippen molar-refractivity contribution >= 4 is 40.2 Å². The average molecular weight is 442 g/mol. The van der Waals surface area contributed by atoms with Gasteiger partial charge in [-0.05, 0) is 43.2 Å². The maximum atomic E-state index is 13.3. The van der Waals surface area contributed by atoms with Gasteiger partial charge in [0.1, 0.15) is 0 Å². The zero-order valence-corrected chi connectivity index (χ0v) is 18.5. The maximum Gasteiger partial charge on any atom is 0.266 e. The predicted molar refractivity (Wildman–Crippen MR) is 123 cm³/mol. The van der Waals surface area contributed by atoms with Gasteiger partial charge in [-0.2, -0.15) is 0 Å². The molecule has 1 fully saturated rings. The van der Waals surface area contributed by atoms with Gasteiger partial charge in [0.2, 0.25) is 5.91 Å². The van der Waals surface area contributed by atoms with E-state index in [1.807, 2.05) is 36.2 Å². The first-order valence-corrected chi connectivity index (χ1v) is 11.6. The standard InChI is InChI=1S/C23H24ClN3O2S/c1-26(17-9-3-2-4-10-17)21(28)15-30-23-25-20-13-6-5-12-19(20)22(29)27(23)18-11-7-8-16(24)14-18/h5-8,11-14,17H,2-4,9-10,15H2,1H3. The molecule has 1 heterocycles. The SMILES string of the molecule is CN(C(=O)CSc1nc2ccccc2c(=O)n1-c1cccc(Cl)c1)C1CCCCC1. The highest BCUT2D eigenvalue weighted by Gasteiger charge is 2.23. The van der Waals surface area contributed by atoms with E-state index in [0.717, 1.165) is 12.8 Å². The van der Waals surface area contributed by atoms with Crippen LogP contribution in [0.25, 0.3) is 16.6 Å². The number of carbonyl (C=O) groups is 1. The number of hydrogen-bond acceptors (Lipinski definition) is 4. The van der Waals surface area contributed by atoms with Crippen molar-refractivity contribution in [3.05, 3.63) is 63.9 Å². The molecule has 0 radical (unpaired) electrons. The fourth-order valence-electron chi connectivity index (χ4n) is 3.95. The van der Waals surface area contributed by atoms with Crippen LogP contribution in [-0.4, -0.2) is 39.2 Å². The summed E-state index contributed by atoms with van der Waals surface area (Å²) in [5.41, 5.74) is 1.09. The third-order valence-electron chi connectivity index (χ3n) is 5.65. The molecule has 1 aliphatic rings. The van der Waals surface area contributed by atoms with Crippen LogP contribution in [-0.2, 0) is 4.79 Å². The molecule has 1 amide bonds. The summed E-state index contributed by atoms with van der Waals surface area (Å²) < 4.78 is 1.55. The molecule has 2 aromatic carbocycles. The Kier molecular flexibility index (Phi) is 6.44. The Morgan fingerprint density at radius 1 is 1.17 bits per heavy atom. The minimum atomic E-state index is -0.168. The molecule has 1 saturated carbocycles. The zero-order valence-electron chi connectivity index (χ0n) is 16.9. The van der Waals surface area contributed by atoms with Crippen molar-refractivity contribution in [3.63, 3.8) is 0 Å². The molecular weight excluding hydrogens is 418 g/mol. The molecule has 0 N–H and O–H groups in total. The Labute approximate surface area is 185 Å². The summed E-state index contributed by atoms with van der Waals surface area (Å²) in [4.78, 5) is 32.7. The maximum absolute atomic E-state index is 13.3. The summed E-state index contributed by atoms with van der Waals surface area (Å²) in [5, 5.41) is 1.57. The van der Waals surface area contributed by atoms with Gasteiger partial charge in [0.25, 0.3) is 5.56 Å². The zero-order chi connectivity index (χ0) is 21.1. The van der Waals surface area contributed by atoms with Crippen molar-refractivity contribution in [1.29, 1.82) is 0 Å². The third-order valence-corrected chi connectivity index (χ3v) is 6.81. The fraction of sp³-hybridized carbons (Fsp3) is 0.348. The van der Waals surface area contributed by atoms with Gasteiger partial charge in [0, 0.05) is 18.1 Å². The van der Waals surface area contributed by atoms with E-state index in [1.165, 1.54) is 31.0 Å². The first-order chi connectivity index (χ1) is 14.5. The lowest BCUT2D eigenvalue weighted by atomic mass is 9.94. The molecule has 1 aromatic heterocycles. The van der Waals surface area contributed by atoms with Crippen molar-refractivity contribution in [2.24, 2.45) is 0 Å². The summed E-state index contributed by atoms with van der Waals surface area (Å²) in [6.07, 6.45) is 5.73. The Morgan fingerprint density at radius 2 is 1.93 bits per heavy atom. The predicted octanol–water partition coefficient (Wildman–Crippen LogP) is 4.92. The normalized spacial score (nSPS) is 14.7. The van der Waals surface area contributed by atoms with Crippen LogP contribution in [0, 0.1) is 0 Å². The number of aromatic nitrogens is 2. The second-order valence-electron chi connectivity index (χ2n) is 7.62.